The minimum absolute atomic E-state index is 0.272. The van der Waals surface area contributed by atoms with Crippen molar-refractivity contribution in [3.63, 3.8) is 0 Å². The van der Waals surface area contributed by atoms with E-state index in [2.05, 4.69) is 4.98 Å². The molecule has 0 radical (unpaired) electrons. The van der Waals surface area contributed by atoms with Crippen molar-refractivity contribution in [1.82, 2.24) is 9.55 Å². The monoisotopic (exact) mass is 398 g/mol. The fraction of sp³-hybridized carbons (Fsp3) is 0.364. The van der Waals surface area contributed by atoms with E-state index in [-0.39, 0.29) is 5.69 Å². The van der Waals surface area contributed by atoms with Crippen molar-refractivity contribution in [2.24, 2.45) is 5.92 Å². The Morgan fingerprint density at radius 2 is 2.07 bits per heavy atom. The molecule has 6 heteroatoms. The summed E-state index contributed by atoms with van der Waals surface area (Å²) in [7, 11) is 1.54. The molecule has 0 aliphatic heterocycles. The Hall–Kier alpha value is -2.53. The van der Waals surface area contributed by atoms with Crippen molar-refractivity contribution in [2.45, 2.75) is 38.6 Å². The first-order valence-corrected chi connectivity index (χ1v) is 10.0. The maximum atomic E-state index is 12.4. The van der Waals surface area contributed by atoms with Crippen molar-refractivity contribution >= 4 is 28.5 Å². The number of aromatic nitrogens is 2. The second-order valence-corrected chi connectivity index (χ2v) is 7.80. The van der Waals surface area contributed by atoms with Crippen LogP contribution in [0.15, 0.2) is 36.5 Å². The number of hydrogen-bond donors (Lipinski definition) is 1. The number of rotatable bonds is 5. The predicted octanol–water partition coefficient (Wildman–Crippen LogP) is 5.64. The number of methoxy groups -OCH3 is 1. The van der Waals surface area contributed by atoms with Gasteiger partial charge < -0.3 is 14.4 Å². The molecule has 3 aromatic rings. The van der Waals surface area contributed by atoms with E-state index in [4.69, 9.17) is 16.3 Å². The summed E-state index contributed by atoms with van der Waals surface area (Å²) in [5.74, 6) is -0.0625. The van der Waals surface area contributed by atoms with Crippen molar-refractivity contribution in [3.8, 4) is 17.0 Å². The number of hydrogen-bond acceptors (Lipinski definition) is 3. The van der Waals surface area contributed by atoms with E-state index in [0.717, 1.165) is 23.7 Å². The van der Waals surface area contributed by atoms with Crippen LogP contribution in [0, 0.1) is 5.92 Å². The van der Waals surface area contributed by atoms with Gasteiger partial charge in [-0.05, 0) is 49.1 Å². The minimum Gasteiger partial charge on any atom is -0.481 e. The lowest BCUT2D eigenvalue weighted by Gasteiger charge is -2.23. The number of halogens is 1. The molecule has 1 aliphatic rings. The number of fused-ring (bicyclic) bond motifs is 1. The molecule has 0 spiro atoms. The Morgan fingerprint density at radius 3 is 2.79 bits per heavy atom. The molecule has 0 bridgehead atoms. The van der Waals surface area contributed by atoms with Gasteiger partial charge in [0.1, 0.15) is 5.69 Å². The summed E-state index contributed by atoms with van der Waals surface area (Å²) in [6.07, 6.45) is 7.60. The smallest absolute Gasteiger partial charge is 0.353 e. The van der Waals surface area contributed by atoms with Crippen molar-refractivity contribution in [1.29, 1.82) is 0 Å². The molecule has 0 atom stereocenters. The van der Waals surface area contributed by atoms with Crippen molar-refractivity contribution < 1.29 is 14.6 Å². The zero-order valence-electron chi connectivity index (χ0n) is 15.8. The molecule has 0 unspecified atom stereocenters. The van der Waals surface area contributed by atoms with E-state index in [9.17, 15) is 9.90 Å². The highest BCUT2D eigenvalue weighted by Crippen LogP contribution is 2.41. The third-order valence-electron chi connectivity index (χ3n) is 5.63. The third kappa shape index (κ3) is 3.35. The Bertz CT molecular complexity index is 1020. The molecule has 1 aromatic carbocycles. The molecular weight excluding hydrogens is 376 g/mol. The highest BCUT2D eigenvalue weighted by Gasteiger charge is 2.27. The first-order valence-electron chi connectivity index (χ1n) is 9.64. The van der Waals surface area contributed by atoms with Crippen LogP contribution in [0.2, 0.25) is 5.02 Å². The second-order valence-electron chi connectivity index (χ2n) is 7.37. The molecule has 28 heavy (non-hydrogen) atoms. The minimum atomic E-state index is -0.955. The normalized spacial score (nSPS) is 15.1. The molecular formula is C22H23ClN2O3. The predicted molar refractivity (Wildman–Crippen MR) is 110 cm³/mol. The number of ether oxygens (including phenoxy) is 1. The zero-order valence-corrected chi connectivity index (χ0v) is 16.6. The Balaban J connectivity index is 1.98. The van der Waals surface area contributed by atoms with Crippen LogP contribution in [-0.2, 0) is 6.54 Å². The van der Waals surface area contributed by atoms with Gasteiger partial charge in [-0.1, -0.05) is 30.9 Å². The maximum Gasteiger partial charge on any atom is 0.353 e. The number of pyridine rings is 1. The van der Waals surface area contributed by atoms with Gasteiger partial charge in [-0.25, -0.2) is 9.78 Å². The molecule has 1 fully saturated rings. The van der Waals surface area contributed by atoms with Crippen LogP contribution in [0.3, 0.4) is 0 Å². The number of carbonyl (C=O) groups is 1. The van der Waals surface area contributed by atoms with Gasteiger partial charge in [0, 0.05) is 39.8 Å². The van der Waals surface area contributed by atoms with E-state index >= 15 is 0 Å². The summed E-state index contributed by atoms with van der Waals surface area (Å²) in [4.78, 5) is 16.7. The standard InChI is InChI=1S/C22H23ClN2O3/c1-28-21-16(8-5-11-24-21)19-17-12-15(23)9-10-18(17)25(20(19)22(26)27)13-14-6-3-2-4-7-14/h5,8-12,14H,2-4,6-7,13H2,1H3,(H,26,27). The first kappa shape index (κ1) is 18.8. The van der Waals surface area contributed by atoms with Crippen LogP contribution in [-0.4, -0.2) is 27.7 Å². The summed E-state index contributed by atoms with van der Waals surface area (Å²) in [5, 5.41) is 11.5. The number of benzene rings is 1. The fourth-order valence-electron chi connectivity index (χ4n) is 4.38. The lowest BCUT2D eigenvalue weighted by molar-refractivity contribution is 0.0685. The van der Waals surface area contributed by atoms with Gasteiger partial charge >= 0.3 is 5.97 Å². The molecule has 1 N–H and O–H groups in total. The third-order valence-corrected chi connectivity index (χ3v) is 5.86. The fourth-order valence-corrected chi connectivity index (χ4v) is 4.56. The Kier molecular flexibility index (Phi) is 5.27. The lowest BCUT2D eigenvalue weighted by Crippen LogP contribution is -2.18. The van der Waals surface area contributed by atoms with Gasteiger partial charge in [0.15, 0.2) is 0 Å². The number of carboxylic acid groups (broad SMARTS) is 1. The van der Waals surface area contributed by atoms with E-state index in [1.54, 1.807) is 19.4 Å². The zero-order chi connectivity index (χ0) is 19.7. The molecule has 4 rings (SSSR count). The van der Waals surface area contributed by atoms with Crippen LogP contribution in [0.1, 0.15) is 42.6 Å². The summed E-state index contributed by atoms with van der Waals surface area (Å²) >= 11 is 6.28. The maximum absolute atomic E-state index is 12.4. The Morgan fingerprint density at radius 1 is 1.29 bits per heavy atom. The quantitative estimate of drug-likeness (QED) is 0.603. The van der Waals surface area contributed by atoms with E-state index < -0.39 is 5.97 Å². The molecule has 0 amide bonds. The largest absolute Gasteiger partial charge is 0.481 e. The summed E-state index contributed by atoms with van der Waals surface area (Å²) in [6.45, 7) is 0.697. The first-order chi connectivity index (χ1) is 13.6. The van der Waals surface area contributed by atoms with Gasteiger partial charge in [-0.2, -0.15) is 0 Å². The van der Waals surface area contributed by atoms with Gasteiger partial charge in [0.05, 0.1) is 7.11 Å². The van der Waals surface area contributed by atoms with Crippen LogP contribution in [0.4, 0.5) is 0 Å². The Labute approximate surface area is 168 Å². The molecule has 5 nitrogen and oxygen atoms in total. The number of carboxylic acids is 1. The van der Waals surface area contributed by atoms with Gasteiger partial charge in [0.25, 0.3) is 0 Å². The lowest BCUT2D eigenvalue weighted by atomic mass is 9.89. The van der Waals surface area contributed by atoms with Crippen LogP contribution >= 0.6 is 11.6 Å². The SMILES string of the molecule is COc1ncccc1-c1c(C(=O)O)n(CC2CCCCC2)c2ccc(Cl)cc12. The highest BCUT2D eigenvalue weighted by molar-refractivity contribution is 6.31. The van der Waals surface area contributed by atoms with Crippen molar-refractivity contribution in [2.75, 3.05) is 7.11 Å². The molecule has 2 aromatic heterocycles. The van der Waals surface area contributed by atoms with Crippen LogP contribution < -0.4 is 4.74 Å². The molecule has 146 valence electrons. The average Bonchev–Trinajstić information content (AvgIpc) is 3.02. The molecule has 1 saturated carbocycles. The van der Waals surface area contributed by atoms with Crippen LogP contribution in [0.25, 0.3) is 22.0 Å². The summed E-state index contributed by atoms with van der Waals surface area (Å²) < 4.78 is 7.38. The topological polar surface area (TPSA) is 64.3 Å². The molecule has 2 heterocycles. The molecule has 0 saturated heterocycles. The molecule has 1 aliphatic carbocycles. The van der Waals surface area contributed by atoms with Gasteiger partial charge in [-0.3, -0.25) is 0 Å². The highest BCUT2D eigenvalue weighted by atomic mass is 35.5. The summed E-state index contributed by atoms with van der Waals surface area (Å²) in [5.41, 5.74) is 2.44. The van der Waals surface area contributed by atoms with E-state index in [1.165, 1.54) is 19.3 Å². The van der Waals surface area contributed by atoms with Gasteiger partial charge in [-0.15, -0.1) is 0 Å². The van der Waals surface area contributed by atoms with E-state index in [1.807, 2.05) is 28.8 Å². The van der Waals surface area contributed by atoms with Gasteiger partial charge in [0.2, 0.25) is 5.88 Å². The average molecular weight is 399 g/mol. The number of nitrogens with zero attached hydrogens (tertiary/aromatic N) is 2. The second kappa shape index (κ2) is 7.84. The van der Waals surface area contributed by atoms with Crippen LogP contribution in [0.5, 0.6) is 5.88 Å². The number of aromatic carboxylic acids is 1. The summed E-state index contributed by atoms with van der Waals surface area (Å²) in [6, 6.07) is 9.20. The van der Waals surface area contributed by atoms with E-state index in [0.29, 0.717) is 34.5 Å². The van der Waals surface area contributed by atoms with Crippen molar-refractivity contribution in [3.05, 3.63) is 47.2 Å².